The van der Waals surface area contributed by atoms with Gasteiger partial charge in [-0.3, -0.25) is 4.79 Å². The minimum absolute atomic E-state index is 0.180. The van der Waals surface area contributed by atoms with Crippen molar-refractivity contribution in [2.75, 3.05) is 17.7 Å². The van der Waals surface area contributed by atoms with Gasteiger partial charge in [0.1, 0.15) is 5.82 Å². The lowest BCUT2D eigenvalue weighted by molar-refractivity contribution is 0.0993. The molecule has 19 heavy (non-hydrogen) atoms. The van der Waals surface area contributed by atoms with Gasteiger partial charge >= 0.3 is 0 Å². The molecular formula is C14H14BrN3O. The average molecular weight is 320 g/mol. The van der Waals surface area contributed by atoms with Crippen LogP contribution >= 0.6 is 15.9 Å². The minimum atomic E-state index is -0.180. The van der Waals surface area contributed by atoms with Crippen molar-refractivity contribution in [1.29, 1.82) is 0 Å². The maximum Gasteiger partial charge on any atom is 0.261 e. The zero-order valence-corrected chi connectivity index (χ0v) is 12.3. The van der Waals surface area contributed by atoms with Crippen LogP contribution in [0, 0.1) is 6.92 Å². The van der Waals surface area contributed by atoms with E-state index >= 15 is 0 Å². The second-order valence-electron chi connectivity index (χ2n) is 4.24. The fourth-order valence-corrected chi connectivity index (χ4v) is 2.18. The number of para-hydroxylation sites is 1. The van der Waals surface area contributed by atoms with Crippen molar-refractivity contribution in [3.8, 4) is 0 Å². The Kier molecular flexibility index (Phi) is 3.85. The normalized spacial score (nSPS) is 10.3. The zero-order chi connectivity index (χ0) is 14.0. The predicted molar refractivity (Wildman–Crippen MR) is 80.3 cm³/mol. The fraction of sp³-hybridized carbons (Fsp3) is 0.143. The smallest absolute Gasteiger partial charge is 0.261 e. The van der Waals surface area contributed by atoms with Gasteiger partial charge in [0.2, 0.25) is 0 Å². The Balaban J connectivity index is 2.39. The Morgan fingerprint density at radius 3 is 2.74 bits per heavy atom. The predicted octanol–water partition coefficient (Wildman–Crippen LogP) is 3.01. The molecule has 1 aromatic heterocycles. The summed E-state index contributed by atoms with van der Waals surface area (Å²) in [6, 6.07) is 9.37. The first-order valence-corrected chi connectivity index (χ1v) is 6.54. The fourth-order valence-electron chi connectivity index (χ4n) is 1.85. The molecule has 0 radical (unpaired) electrons. The van der Waals surface area contributed by atoms with Gasteiger partial charge in [0.25, 0.3) is 5.91 Å². The second-order valence-corrected chi connectivity index (χ2v) is 5.15. The van der Waals surface area contributed by atoms with Gasteiger partial charge in [-0.1, -0.05) is 18.2 Å². The number of pyridine rings is 1. The number of carbonyl (C=O) groups excluding carboxylic acids is 1. The summed E-state index contributed by atoms with van der Waals surface area (Å²) in [6.07, 6.45) is 1.57. The summed E-state index contributed by atoms with van der Waals surface area (Å²) in [7, 11) is 1.73. The Morgan fingerprint density at radius 1 is 1.37 bits per heavy atom. The van der Waals surface area contributed by atoms with Gasteiger partial charge in [0.05, 0.1) is 5.56 Å². The molecule has 1 aromatic carbocycles. The number of anilines is 2. The standard InChI is InChI=1S/C14H14BrN3O/c1-9-5-3-4-6-12(9)18(2)14(19)11-7-10(15)8-17-13(11)16/h3-8H,1-2H3,(H2,16,17). The van der Waals surface area contributed by atoms with E-state index in [-0.39, 0.29) is 11.7 Å². The first kappa shape index (κ1) is 13.5. The Morgan fingerprint density at radius 2 is 2.05 bits per heavy atom. The molecule has 1 amide bonds. The molecule has 0 saturated carbocycles. The van der Waals surface area contributed by atoms with E-state index in [0.29, 0.717) is 5.56 Å². The minimum Gasteiger partial charge on any atom is -0.383 e. The van der Waals surface area contributed by atoms with Crippen LogP contribution in [0.5, 0.6) is 0 Å². The molecule has 0 aliphatic heterocycles. The third-order valence-electron chi connectivity index (χ3n) is 2.90. The Hall–Kier alpha value is -1.88. The molecule has 0 aliphatic rings. The van der Waals surface area contributed by atoms with Crippen LogP contribution in [-0.4, -0.2) is 17.9 Å². The summed E-state index contributed by atoms with van der Waals surface area (Å²) in [4.78, 5) is 18.0. The highest BCUT2D eigenvalue weighted by Crippen LogP contribution is 2.23. The molecule has 0 fully saturated rings. The number of nitrogen functional groups attached to an aromatic ring is 1. The van der Waals surface area contributed by atoms with Gasteiger partial charge in [-0.25, -0.2) is 4.98 Å². The van der Waals surface area contributed by atoms with Crippen LogP contribution in [0.3, 0.4) is 0 Å². The summed E-state index contributed by atoms with van der Waals surface area (Å²) in [6.45, 7) is 1.96. The summed E-state index contributed by atoms with van der Waals surface area (Å²) in [5.74, 6) is 0.0502. The average Bonchev–Trinajstić information content (AvgIpc) is 2.40. The van der Waals surface area contributed by atoms with Crippen LogP contribution in [0.2, 0.25) is 0 Å². The van der Waals surface area contributed by atoms with Crippen molar-refractivity contribution >= 4 is 33.3 Å². The summed E-state index contributed by atoms with van der Waals surface area (Å²) in [5.41, 5.74) is 8.04. The summed E-state index contributed by atoms with van der Waals surface area (Å²) >= 11 is 3.30. The van der Waals surface area contributed by atoms with E-state index in [0.717, 1.165) is 15.7 Å². The highest BCUT2D eigenvalue weighted by atomic mass is 79.9. The van der Waals surface area contributed by atoms with Crippen molar-refractivity contribution < 1.29 is 4.79 Å². The quantitative estimate of drug-likeness (QED) is 0.925. The van der Waals surface area contributed by atoms with Gasteiger partial charge in [-0.15, -0.1) is 0 Å². The number of benzene rings is 1. The number of aryl methyl sites for hydroxylation is 1. The molecule has 4 nitrogen and oxygen atoms in total. The number of halogens is 1. The van der Waals surface area contributed by atoms with Crippen LogP contribution in [0.4, 0.5) is 11.5 Å². The van der Waals surface area contributed by atoms with E-state index in [1.165, 1.54) is 0 Å². The van der Waals surface area contributed by atoms with E-state index in [2.05, 4.69) is 20.9 Å². The van der Waals surface area contributed by atoms with Crippen LogP contribution in [-0.2, 0) is 0 Å². The summed E-state index contributed by atoms with van der Waals surface area (Å²) < 4.78 is 0.725. The second kappa shape index (κ2) is 5.40. The van der Waals surface area contributed by atoms with Gasteiger partial charge in [-0.2, -0.15) is 0 Å². The van der Waals surface area contributed by atoms with Crippen molar-refractivity contribution in [2.45, 2.75) is 6.92 Å². The van der Waals surface area contributed by atoms with Crippen molar-refractivity contribution in [1.82, 2.24) is 4.98 Å². The molecule has 0 aliphatic carbocycles. The van der Waals surface area contributed by atoms with Crippen LogP contribution in [0.15, 0.2) is 41.0 Å². The molecule has 2 N–H and O–H groups in total. The zero-order valence-electron chi connectivity index (χ0n) is 10.7. The number of nitrogens with zero attached hydrogens (tertiary/aromatic N) is 2. The highest BCUT2D eigenvalue weighted by molar-refractivity contribution is 9.10. The van der Waals surface area contributed by atoms with Crippen LogP contribution in [0.1, 0.15) is 15.9 Å². The lowest BCUT2D eigenvalue weighted by Gasteiger charge is -2.20. The summed E-state index contributed by atoms with van der Waals surface area (Å²) in [5, 5.41) is 0. The number of carbonyl (C=O) groups is 1. The molecule has 0 bridgehead atoms. The van der Waals surface area contributed by atoms with Gasteiger partial charge in [-0.05, 0) is 40.5 Å². The Bertz CT molecular complexity index is 628. The molecule has 5 heteroatoms. The van der Waals surface area contributed by atoms with Crippen LogP contribution in [0.25, 0.3) is 0 Å². The number of amides is 1. The van der Waals surface area contributed by atoms with Crippen LogP contribution < -0.4 is 10.6 Å². The molecule has 1 heterocycles. The molecule has 98 valence electrons. The van der Waals surface area contributed by atoms with E-state index in [9.17, 15) is 4.79 Å². The monoisotopic (exact) mass is 319 g/mol. The van der Waals surface area contributed by atoms with Crippen molar-refractivity contribution in [2.24, 2.45) is 0 Å². The van der Waals surface area contributed by atoms with Gasteiger partial charge < -0.3 is 10.6 Å². The van der Waals surface area contributed by atoms with E-state index in [4.69, 9.17) is 5.73 Å². The SMILES string of the molecule is Cc1ccccc1N(C)C(=O)c1cc(Br)cnc1N. The molecule has 0 atom stereocenters. The molecule has 0 unspecified atom stereocenters. The number of nitrogens with two attached hydrogens (primary N) is 1. The van der Waals surface area contributed by atoms with Crippen molar-refractivity contribution in [3.05, 3.63) is 52.1 Å². The lowest BCUT2D eigenvalue weighted by atomic mass is 10.1. The third-order valence-corrected chi connectivity index (χ3v) is 3.33. The van der Waals surface area contributed by atoms with E-state index < -0.39 is 0 Å². The van der Waals surface area contributed by atoms with Gasteiger partial charge in [0.15, 0.2) is 0 Å². The number of aromatic nitrogens is 1. The van der Waals surface area contributed by atoms with Gasteiger partial charge in [0, 0.05) is 23.4 Å². The molecule has 2 aromatic rings. The number of rotatable bonds is 2. The molecular weight excluding hydrogens is 306 g/mol. The maximum absolute atomic E-state index is 12.5. The molecule has 0 saturated heterocycles. The van der Waals surface area contributed by atoms with E-state index in [1.807, 2.05) is 31.2 Å². The number of hydrogen-bond acceptors (Lipinski definition) is 3. The lowest BCUT2D eigenvalue weighted by Crippen LogP contribution is -2.28. The number of hydrogen-bond donors (Lipinski definition) is 1. The van der Waals surface area contributed by atoms with E-state index in [1.54, 1.807) is 24.2 Å². The third kappa shape index (κ3) is 2.76. The Labute approximate surface area is 120 Å². The maximum atomic E-state index is 12.5. The largest absolute Gasteiger partial charge is 0.383 e. The highest BCUT2D eigenvalue weighted by Gasteiger charge is 2.18. The first-order chi connectivity index (χ1) is 9.00. The van der Waals surface area contributed by atoms with Crippen molar-refractivity contribution in [3.63, 3.8) is 0 Å². The molecule has 0 spiro atoms. The topological polar surface area (TPSA) is 59.2 Å². The first-order valence-electron chi connectivity index (χ1n) is 5.75. The molecule has 2 rings (SSSR count).